The summed E-state index contributed by atoms with van der Waals surface area (Å²) in [4.78, 5) is 13.9. The average molecular weight is 228 g/mol. The molecule has 0 aromatic heterocycles. The molecule has 3 unspecified atom stereocenters. The Bertz CT molecular complexity index is 245. The lowest BCUT2D eigenvalue weighted by molar-refractivity contribution is -0.135. The fourth-order valence-electron chi connectivity index (χ4n) is 2.25. The van der Waals surface area contributed by atoms with Gasteiger partial charge < -0.3 is 15.7 Å². The highest BCUT2D eigenvalue weighted by Gasteiger charge is 2.36. The second-order valence-electron chi connectivity index (χ2n) is 4.96. The van der Waals surface area contributed by atoms with Crippen LogP contribution in [-0.4, -0.2) is 41.1 Å². The SMILES string of the molecule is CCC(C)[C@H](N)C(=O)N1CCC(C)C1CO. The van der Waals surface area contributed by atoms with E-state index in [1.165, 1.54) is 0 Å². The number of hydrogen-bond donors (Lipinski definition) is 2. The molecule has 0 bridgehead atoms. The molecule has 1 amide bonds. The van der Waals surface area contributed by atoms with Crippen LogP contribution in [-0.2, 0) is 4.79 Å². The van der Waals surface area contributed by atoms with E-state index >= 15 is 0 Å². The zero-order chi connectivity index (χ0) is 12.3. The van der Waals surface area contributed by atoms with Gasteiger partial charge in [0.25, 0.3) is 0 Å². The summed E-state index contributed by atoms with van der Waals surface area (Å²) in [5.74, 6) is 0.568. The Hall–Kier alpha value is -0.610. The maximum absolute atomic E-state index is 12.2. The first kappa shape index (κ1) is 13.5. The van der Waals surface area contributed by atoms with Gasteiger partial charge in [-0.1, -0.05) is 27.2 Å². The summed E-state index contributed by atoms with van der Waals surface area (Å²) in [5.41, 5.74) is 5.94. The molecular weight excluding hydrogens is 204 g/mol. The number of aliphatic hydroxyl groups excluding tert-OH is 1. The molecule has 1 aliphatic heterocycles. The van der Waals surface area contributed by atoms with Gasteiger partial charge in [0.1, 0.15) is 0 Å². The summed E-state index contributed by atoms with van der Waals surface area (Å²) in [7, 11) is 0. The number of carbonyl (C=O) groups excluding carboxylic acids is 1. The Morgan fingerprint density at radius 1 is 1.62 bits per heavy atom. The Balaban J connectivity index is 2.66. The maximum atomic E-state index is 12.2. The van der Waals surface area contributed by atoms with Gasteiger partial charge in [0.15, 0.2) is 0 Å². The third kappa shape index (κ3) is 2.55. The number of nitrogens with two attached hydrogens (primary N) is 1. The highest BCUT2D eigenvalue weighted by atomic mass is 16.3. The number of amides is 1. The molecule has 1 rings (SSSR count). The third-order valence-electron chi connectivity index (χ3n) is 3.89. The molecule has 0 spiro atoms. The number of nitrogens with zero attached hydrogens (tertiary/aromatic N) is 1. The lowest BCUT2D eigenvalue weighted by Gasteiger charge is -2.29. The molecular formula is C12H24N2O2. The van der Waals surface area contributed by atoms with E-state index in [1.54, 1.807) is 4.90 Å². The van der Waals surface area contributed by atoms with Crippen LogP contribution in [0.4, 0.5) is 0 Å². The lowest BCUT2D eigenvalue weighted by atomic mass is 9.98. The minimum Gasteiger partial charge on any atom is -0.394 e. The van der Waals surface area contributed by atoms with E-state index < -0.39 is 6.04 Å². The number of rotatable bonds is 4. The summed E-state index contributed by atoms with van der Waals surface area (Å²) in [6.45, 7) is 6.88. The van der Waals surface area contributed by atoms with E-state index in [1.807, 2.05) is 13.8 Å². The third-order valence-corrected chi connectivity index (χ3v) is 3.89. The quantitative estimate of drug-likeness (QED) is 0.740. The largest absolute Gasteiger partial charge is 0.394 e. The highest BCUT2D eigenvalue weighted by Crippen LogP contribution is 2.25. The van der Waals surface area contributed by atoms with Crippen molar-refractivity contribution in [3.63, 3.8) is 0 Å². The first-order chi connectivity index (χ1) is 7.52. The normalized spacial score (nSPS) is 29.2. The smallest absolute Gasteiger partial charge is 0.240 e. The van der Waals surface area contributed by atoms with Gasteiger partial charge in [0.05, 0.1) is 18.7 Å². The van der Waals surface area contributed by atoms with Crippen LogP contribution < -0.4 is 5.73 Å². The van der Waals surface area contributed by atoms with Crippen LogP contribution in [0.1, 0.15) is 33.6 Å². The highest BCUT2D eigenvalue weighted by molar-refractivity contribution is 5.82. The van der Waals surface area contributed by atoms with Crippen LogP contribution in [0, 0.1) is 11.8 Å². The minimum atomic E-state index is -0.427. The van der Waals surface area contributed by atoms with Gasteiger partial charge in [-0.15, -0.1) is 0 Å². The zero-order valence-corrected chi connectivity index (χ0v) is 10.5. The number of likely N-dealkylation sites (tertiary alicyclic amines) is 1. The van der Waals surface area contributed by atoms with E-state index in [2.05, 4.69) is 6.92 Å². The van der Waals surface area contributed by atoms with Crippen LogP contribution >= 0.6 is 0 Å². The Labute approximate surface area is 97.8 Å². The summed E-state index contributed by atoms with van der Waals surface area (Å²) in [6, 6.07) is -0.466. The van der Waals surface area contributed by atoms with E-state index in [4.69, 9.17) is 5.73 Å². The molecule has 0 saturated carbocycles. The molecule has 3 N–H and O–H groups in total. The van der Waals surface area contributed by atoms with Gasteiger partial charge in [0.2, 0.25) is 5.91 Å². The molecule has 0 aromatic rings. The van der Waals surface area contributed by atoms with Crippen molar-refractivity contribution in [3.05, 3.63) is 0 Å². The minimum absolute atomic E-state index is 0.00208. The number of hydrogen-bond acceptors (Lipinski definition) is 3. The predicted octanol–water partition coefficient (Wildman–Crippen LogP) is 0.589. The molecule has 4 heteroatoms. The monoisotopic (exact) mass is 228 g/mol. The van der Waals surface area contributed by atoms with Crippen molar-refractivity contribution in [1.29, 1.82) is 0 Å². The zero-order valence-electron chi connectivity index (χ0n) is 10.5. The number of aliphatic hydroxyl groups is 1. The fraction of sp³-hybridized carbons (Fsp3) is 0.917. The lowest BCUT2D eigenvalue weighted by Crippen LogP contribution is -2.50. The van der Waals surface area contributed by atoms with Gasteiger partial charge in [-0.2, -0.15) is 0 Å². The summed E-state index contributed by atoms with van der Waals surface area (Å²) in [5, 5.41) is 9.30. The fourth-order valence-corrected chi connectivity index (χ4v) is 2.25. The molecule has 1 aliphatic rings. The Morgan fingerprint density at radius 2 is 2.25 bits per heavy atom. The molecule has 1 saturated heterocycles. The van der Waals surface area contributed by atoms with Crippen molar-refractivity contribution in [2.45, 2.75) is 45.7 Å². The molecule has 4 nitrogen and oxygen atoms in total. The van der Waals surface area contributed by atoms with Crippen LogP contribution in [0.15, 0.2) is 0 Å². The Kier molecular flexibility index (Phi) is 4.74. The van der Waals surface area contributed by atoms with Crippen LogP contribution in [0.5, 0.6) is 0 Å². The first-order valence-electron chi connectivity index (χ1n) is 6.19. The second-order valence-corrected chi connectivity index (χ2v) is 4.96. The van der Waals surface area contributed by atoms with Gasteiger partial charge in [-0.05, 0) is 18.3 Å². The molecule has 4 atom stereocenters. The molecule has 94 valence electrons. The van der Waals surface area contributed by atoms with Crippen LogP contribution in [0.25, 0.3) is 0 Å². The van der Waals surface area contributed by atoms with Gasteiger partial charge in [-0.25, -0.2) is 0 Å². The Morgan fingerprint density at radius 3 is 2.75 bits per heavy atom. The average Bonchev–Trinajstić information content (AvgIpc) is 2.67. The molecule has 16 heavy (non-hydrogen) atoms. The molecule has 0 aliphatic carbocycles. The predicted molar refractivity (Wildman–Crippen MR) is 63.8 cm³/mol. The van der Waals surface area contributed by atoms with Crippen molar-refractivity contribution in [2.75, 3.05) is 13.2 Å². The van der Waals surface area contributed by atoms with Crippen molar-refractivity contribution in [2.24, 2.45) is 17.6 Å². The first-order valence-corrected chi connectivity index (χ1v) is 6.19. The van der Waals surface area contributed by atoms with E-state index in [-0.39, 0.29) is 24.5 Å². The van der Waals surface area contributed by atoms with Gasteiger partial charge >= 0.3 is 0 Å². The molecule has 0 aromatic carbocycles. The van der Waals surface area contributed by atoms with Crippen molar-refractivity contribution < 1.29 is 9.90 Å². The van der Waals surface area contributed by atoms with Crippen molar-refractivity contribution in [3.8, 4) is 0 Å². The summed E-state index contributed by atoms with van der Waals surface area (Å²) in [6.07, 6.45) is 1.87. The molecule has 1 fully saturated rings. The van der Waals surface area contributed by atoms with E-state index in [0.717, 1.165) is 19.4 Å². The van der Waals surface area contributed by atoms with Crippen molar-refractivity contribution in [1.82, 2.24) is 4.90 Å². The molecule has 0 radical (unpaired) electrons. The van der Waals surface area contributed by atoms with Crippen LogP contribution in [0.2, 0.25) is 0 Å². The number of carbonyl (C=O) groups is 1. The molecule has 1 heterocycles. The van der Waals surface area contributed by atoms with Crippen molar-refractivity contribution >= 4 is 5.91 Å². The standard InChI is InChI=1S/C12H24N2O2/c1-4-8(2)11(13)12(16)14-6-5-9(3)10(14)7-15/h8-11,15H,4-7,13H2,1-3H3/t8?,9?,10?,11-/m0/s1. The topological polar surface area (TPSA) is 66.6 Å². The van der Waals surface area contributed by atoms with Crippen LogP contribution in [0.3, 0.4) is 0 Å². The van der Waals surface area contributed by atoms with Gasteiger partial charge in [-0.3, -0.25) is 4.79 Å². The summed E-state index contributed by atoms with van der Waals surface area (Å²) < 4.78 is 0. The van der Waals surface area contributed by atoms with E-state index in [9.17, 15) is 9.90 Å². The van der Waals surface area contributed by atoms with E-state index in [0.29, 0.717) is 5.92 Å². The second kappa shape index (κ2) is 5.64. The van der Waals surface area contributed by atoms with Gasteiger partial charge in [0, 0.05) is 6.54 Å². The maximum Gasteiger partial charge on any atom is 0.240 e. The summed E-state index contributed by atoms with van der Waals surface area (Å²) >= 11 is 0.